The molecule has 0 aliphatic heterocycles. The SMILES string of the molecule is CC(C)(C)OC(=O)C(C)(C)ON=C(C(=O)O)c1cccs1. The fraction of sp³-hybridized carbons (Fsp3) is 0.500. The second kappa shape index (κ2) is 6.26. The summed E-state index contributed by atoms with van der Waals surface area (Å²) >= 11 is 1.22. The molecule has 116 valence electrons. The number of hydrogen-bond donors (Lipinski definition) is 1. The highest BCUT2D eigenvalue weighted by molar-refractivity contribution is 7.13. The van der Waals surface area contributed by atoms with Crippen LogP contribution >= 0.6 is 11.3 Å². The van der Waals surface area contributed by atoms with Gasteiger partial charge >= 0.3 is 11.9 Å². The van der Waals surface area contributed by atoms with Crippen molar-refractivity contribution in [1.82, 2.24) is 0 Å². The van der Waals surface area contributed by atoms with Gasteiger partial charge in [-0.3, -0.25) is 0 Å². The van der Waals surface area contributed by atoms with Crippen LogP contribution in [-0.4, -0.2) is 34.0 Å². The molecule has 0 fully saturated rings. The maximum absolute atomic E-state index is 12.0. The van der Waals surface area contributed by atoms with Gasteiger partial charge in [-0.25, -0.2) is 9.59 Å². The van der Waals surface area contributed by atoms with E-state index in [9.17, 15) is 9.59 Å². The van der Waals surface area contributed by atoms with Crippen molar-refractivity contribution in [2.45, 2.75) is 45.8 Å². The standard InChI is InChI=1S/C14H19NO5S/c1-13(2,3)19-12(18)14(4,5)20-15-10(11(16)17)9-7-6-8-21-9/h6-8H,1-5H3,(H,16,17). The van der Waals surface area contributed by atoms with Gasteiger partial charge in [0.15, 0.2) is 0 Å². The quantitative estimate of drug-likeness (QED) is 0.513. The number of carbonyl (C=O) groups is 2. The third-order valence-electron chi connectivity index (χ3n) is 2.21. The van der Waals surface area contributed by atoms with E-state index in [-0.39, 0.29) is 5.71 Å². The lowest BCUT2D eigenvalue weighted by atomic mass is 10.1. The molecule has 0 bridgehead atoms. The van der Waals surface area contributed by atoms with E-state index in [1.807, 2.05) is 0 Å². The monoisotopic (exact) mass is 313 g/mol. The second-order valence-corrected chi connectivity index (χ2v) is 6.77. The smallest absolute Gasteiger partial charge is 0.359 e. The van der Waals surface area contributed by atoms with Gasteiger partial charge in [0.25, 0.3) is 0 Å². The van der Waals surface area contributed by atoms with Crippen LogP contribution in [-0.2, 0) is 19.2 Å². The molecule has 1 aromatic heterocycles. The highest BCUT2D eigenvalue weighted by atomic mass is 32.1. The molecule has 6 nitrogen and oxygen atoms in total. The van der Waals surface area contributed by atoms with Crippen LogP contribution < -0.4 is 0 Å². The van der Waals surface area contributed by atoms with Gasteiger partial charge in [-0.05, 0) is 46.1 Å². The largest absolute Gasteiger partial charge is 0.476 e. The molecule has 1 rings (SSSR count). The number of nitrogens with zero attached hydrogens (tertiary/aromatic N) is 1. The first-order chi connectivity index (χ1) is 9.53. The summed E-state index contributed by atoms with van der Waals surface area (Å²) in [6.07, 6.45) is 0. The molecule has 21 heavy (non-hydrogen) atoms. The van der Waals surface area contributed by atoms with E-state index in [1.165, 1.54) is 25.2 Å². The third-order valence-corrected chi connectivity index (χ3v) is 3.09. The van der Waals surface area contributed by atoms with Crippen LogP contribution in [0.15, 0.2) is 22.7 Å². The number of hydrogen-bond acceptors (Lipinski definition) is 6. The molecule has 7 heteroatoms. The summed E-state index contributed by atoms with van der Waals surface area (Å²) in [5.74, 6) is -1.84. The van der Waals surface area contributed by atoms with Crippen molar-refractivity contribution < 1.29 is 24.3 Å². The van der Waals surface area contributed by atoms with Crippen LogP contribution in [0.5, 0.6) is 0 Å². The number of carboxylic acids is 1. The highest BCUT2D eigenvalue weighted by Crippen LogP contribution is 2.19. The Labute approximate surface area is 127 Å². The van der Waals surface area contributed by atoms with Gasteiger partial charge < -0.3 is 14.7 Å². The molecule has 0 saturated carbocycles. The predicted molar refractivity (Wildman–Crippen MR) is 79.5 cm³/mol. The lowest BCUT2D eigenvalue weighted by Gasteiger charge is -2.26. The number of carboxylic acid groups (broad SMARTS) is 1. The number of esters is 1. The molecule has 1 aromatic rings. The molecule has 0 aliphatic carbocycles. The first kappa shape index (κ1) is 17.2. The average Bonchev–Trinajstić information content (AvgIpc) is 2.79. The van der Waals surface area contributed by atoms with Crippen LogP contribution in [0.3, 0.4) is 0 Å². The number of carbonyl (C=O) groups excluding carboxylic acids is 1. The summed E-state index contributed by atoms with van der Waals surface area (Å²) in [6, 6.07) is 3.32. The molecule has 0 spiro atoms. The van der Waals surface area contributed by atoms with Gasteiger partial charge in [-0.15, -0.1) is 11.3 Å². The minimum absolute atomic E-state index is 0.248. The molecule has 0 unspecified atom stereocenters. The Morgan fingerprint density at radius 2 is 1.86 bits per heavy atom. The summed E-state index contributed by atoms with van der Waals surface area (Å²) in [4.78, 5) is 28.8. The van der Waals surface area contributed by atoms with Crippen molar-refractivity contribution in [3.05, 3.63) is 22.4 Å². The molecule has 0 saturated heterocycles. The van der Waals surface area contributed by atoms with Crippen molar-refractivity contribution in [3.63, 3.8) is 0 Å². The van der Waals surface area contributed by atoms with E-state index in [0.29, 0.717) is 4.88 Å². The summed E-state index contributed by atoms with van der Waals surface area (Å²) in [6.45, 7) is 8.15. The Kier molecular flexibility index (Phi) is 5.11. The number of oxime groups is 1. The molecule has 0 atom stereocenters. The molecule has 1 heterocycles. The lowest BCUT2D eigenvalue weighted by molar-refractivity contribution is -0.179. The van der Waals surface area contributed by atoms with Crippen molar-refractivity contribution >= 4 is 29.0 Å². The lowest BCUT2D eigenvalue weighted by Crippen LogP contribution is -2.40. The second-order valence-electron chi connectivity index (χ2n) is 5.83. The van der Waals surface area contributed by atoms with Crippen molar-refractivity contribution in [3.8, 4) is 0 Å². The molecule has 0 aliphatic rings. The molecular weight excluding hydrogens is 294 g/mol. The molecule has 1 N–H and O–H groups in total. The van der Waals surface area contributed by atoms with Gasteiger partial charge in [-0.2, -0.15) is 0 Å². The first-order valence-electron chi connectivity index (χ1n) is 6.30. The van der Waals surface area contributed by atoms with Crippen LogP contribution in [0.25, 0.3) is 0 Å². The number of rotatable bonds is 5. The summed E-state index contributed by atoms with van der Waals surface area (Å²) in [7, 11) is 0. The Morgan fingerprint density at radius 3 is 2.29 bits per heavy atom. The van der Waals surface area contributed by atoms with Gasteiger partial charge in [0, 0.05) is 0 Å². The summed E-state index contributed by atoms with van der Waals surface area (Å²) < 4.78 is 5.21. The van der Waals surface area contributed by atoms with Crippen molar-refractivity contribution in [2.24, 2.45) is 5.16 Å². The van der Waals surface area contributed by atoms with Crippen molar-refractivity contribution in [2.75, 3.05) is 0 Å². The average molecular weight is 313 g/mol. The van der Waals surface area contributed by atoms with E-state index >= 15 is 0 Å². The van der Waals surface area contributed by atoms with E-state index in [1.54, 1.807) is 38.3 Å². The topological polar surface area (TPSA) is 85.2 Å². The zero-order chi connectivity index (χ0) is 16.3. The van der Waals surface area contributed by atoms with Gasteiger partial charge in [0.1, 0.15) is 5.60 Å². The van der Waals surface area contributed by atoms with Crippen LogP contribution in [0, 0.1) is 0 Å². The Bertz CT molecular complexity index is 540. The van der Waals surface area contributed by atoms with E-state index in [4.69, 9.17) is 14.7 Å². The fourth-order valence-electron chi connectivity index (χ4n) is 1.20. The number of ether oxygens (including phenoxy) is 1. The minimum atomic E-state index is -1.38. The summed E-state index contributed by atoms with van der Waals surface area (Å²) in [5, 5.41) is 14.5. The number of aliphatic carboxylic acids is 1. The van der Waals surface area contributed by atoms with Gasteiger partial charge in [0.05, 0.1) is 4.88 Å². The Hall–Kier alpha value is -1.89. The normalized spacial score (nSPS) is 12.9. The zero-order valence-corrected chi connectivity index (χ0v) is 13.5. The van der Waals surface area contributed by atoms with Crippen molar-refractivity contribution in [1.29, 1.82) is 0 Å². The molecule has 0 amide bonds. The van der Waals surface area contributed by atoms with Crippen LogP contribution in [0.2, 0.25) is 0 Å². The van der Waals surface area contributed by atoms with E-state index in [2.05, 4.69) is 5.16 Å². The maximum atomic E-state index is 12.0. The Morgan fingerprint density at radius 1 is 1.24 bits per heavy atom. The molecular formula is C14H19NO5S. The van der Waals surface area contributed by atoms with Crippen LogP contribution in [0.4, 0.5) is 0 Å². The first-order valence-corrected chi connectivity index (χ1v) is 7.18. The minimum Gasteiger partial charge on any atom is -0.476 e. The number of thiophene rings is 1. The van der Waals surface area contributed by atoms with E-state index in [0.717, 1.165) is 0 Å². The van der Waals surface area contributed by atoms with E-state index < -0.39 is 23.1 Å². The third kappa shape index (κ3) is 5.18. The summed E-state index contributed by atoms with van der Waals surface area (Å²) in [5.41, 5.74) is -2.29. The van der Waals surface area contributed by atoms with Gasteiger partial charge in [0.2, 0.25) is 11.3 Å². The maximum Gasteiger partial charge on any atom is 0.359 e. The highest BCUT2D eigenvalue weighted by Gasteiger charge is 2.35. The van der Waals surface area contributed by atoms with Gasteiger partial charge in [-0.1, -0.05) is 11.2 Å². The molecule has 0 aromatic carbocycles. The predicted octanol–water partition coefficient (Wildman–Crippen LogP) is 2.67. The fourth-order valence-corrected chi connectivity index (χ4v) is 1.90. The zero-order valence-electron chi connectivity index (χ0n) is 12.7. The molecule has 0 radical (unpaired) electrons. The van der Waals surface area contributed by atoms with Crippen LogP contribution in [0.1, 0.15) is 39.5 Å². The Balaban J connectivity index is 2.89.